The van der Waals surface area contributed by atoms with Gasteiger partial charge in [-0.05, 0) is 109 Å². The van der Waals surface area contributed by atoms with Gasteiger partial charge < -0.3 is 14.2 Å². The molecule has 1 atom stereocenters. The Morgan fingerprint density at radius 3 is 1.09 bits per heavy atom. The minimum atomic E-state index is -0.820. The Kier molecular flexibility index (Phi) is 53.0. The summed E-state index contributed by atoms with van der Waals surface area (Å²) in [5, 5.41) is 0. The van der Waals surface area contributed by atoms with Gasteiger partial charge in [0.2, 0.25) is 0 Å². The molecule has 0 aliphatic heterocycles. The molecule has 0 saturated carbocycles. The topological polar surface area (TPSA) is 78.9 Å². The van der Waals surface area contributed by atoms with Gasteiger partial charge in [-0.25, -0.2) is 0 Å². The van der Waals surface area contributed by atoms with Crippen LogP contribution < -0.4 is 0 Å². The van der Waals surface area contributed by atoms with Crippen LogP contribution in [0.5, 0.6) is 0 Å². The summed E-state index contributed by atoms with van der Waals surface area (Å²) in [4.78, 5) is 38.1. The van der Waals surface area contributed by atoms with Crippen LogP contribution in [-0.4, -0.2) is 37.2 Å². The molecule has 6 heteroatoms. The van der Waals surface area contributed by atoms with Gasteiger partial charge in [0.05, 0.1) is 0 Å². The first-order chi connectivity index (χ1) is 34.0. The monoisotopic (exact) mass is 955 g/mol. The summed E-state index contributed by atoms with van der Waals surface area (Å²) < 4.78 is 16.8. The Balaban J connectivity index is 4.52. The predicted molar refractivity (Wildman–Crippen MR) is 297 cm³/mol. The summed E-state index contributed by atoms with van der Waals surface area (Å²) in [7, 11) is 0. The third-order valence-electron chi connectivity index (χ3n) is 11.5. The molecule has 0 spiro atoms. The second-order valence-electron chi connectivity index (χ2n) is 18.1. The molecule has 0 bridgehead atoms. The molecule has 0 saturated heterocycles. The van der Waals surface area contributed by atoms with Gasteiger partial charge in [0, 0.05) is 19.3 Å². The summed E-state index contributed by atoms with van der Waals surface area (Å²) in [5.41, 5.74) is 0. The maximum absolute atomic E-state index is 12.8. The highest BCUT2D eigenvalue weighted by Gasteiger charge is 2.19. The van der Waals surface area contributed by atoms with Gasteiger partial charge in [0.15, 0.2) is 6.10 Å². The van der Waals surface area contributed by atoms with E-state index in [9.17, 15) is 14.4 Å². The molecule has 0 aliphatic rings. The second-order valence-corrected chi connectivity index (χ2v) is 18.1. The van der Waals surface area contributed by atoms with Crippen molar-refractivity contribution in [3.05, 3.63) is 122 Å². The average molecular weight is 956 g/mol. The molecule has 1 unspecified atom stereocenters. The quantitative estimate of drug-likeness (QED) is 0.0199. The fourth-order valence-corrected chi connectivity index (χ4v) is 7.33. The Hall–Kier alpha value is -4.19. The summed E-state index contributed by atoms with van der Waals surface area (Å²) in [6, 6.07) is 0. The number of esters is 3. The first-order valence-electron chi connectivity index (χ1n) is 28.1. The van der Waals surface area contributed by atoms with Gasteiger partial charge in [-0.1, -0.05) is 232 Å². The Labute approximate surface area is 424 Å². The average Bonchev–Trinajstić information content (AvgIpc) is 3.35. The zero-order valence-electron chi connectivity index (χ0n) is 44.5. The third kappa shape index (κ3) is 54.6. The number of unbranched alkanes of at least 4 members (excludes halogenated alkanes) is 20. The van der Waals surface area contributed by atoms with Crippen LogP contribution in [0.2, 0.25) is 0 Å². The van der Waals surface area contributed by atoms with E-state index in [2.05, 4.69) is 142 Å². The van der Waals surface area contributed by atoms with E-state index >= 15 is 0 Å². The van der Waals surface area contributed by atoms with E-state index in [1.54, 1.807) is 0 Å². The van der Waals surface area contributed by atoms with Crippen LogP contribution in [0.25, 0.3) is 0 Å². The van der Waals surface area contributed by atoms with Crippen molar-refractivity contribution in [2.24, 2.45) is 0 Å². The molecule has 0 aromatic carbocycles. The van der Waals surface area contributed by atoms with Crippen LogP contribution in [0.3, 0.4) is 0 Å². The van der Waals surface area contributed by atoms with Crippen LogP contribution in [0.15, 0.2) is 122 Å². The number of carbonyl (C=O) groups is 3. The number of ether oxygens (including phenoxy) is 3. The maximum atomic E-state index is 12.8. The van der Waals surface area contributed by atoms with Gasteiger partial charge in [-0.2, -0.15) is 0 Å². The minimum absolute atomic E-state index is 0.112. The number of carbonyl (C=O) groups excluding carboxylic acids is 3. The van der Waals surface area contributed by atoms with Crippen molar-refractivity contribution in [1.29, 1.82) is 0 Å². The van der Waals surface area contributed by atoms with Crippen molar-refractivity contribution >= 4 is 17.9 Å². The lowest BCUT2D eigenvalue weighted by Gasteiger charge is -2.18. The normalized spacial score (nSPS) is 13.0. The number of hydrogen-bond acceptors (Lipinski definition) is 6. The molecule has 69 heavy (non-hydrogen) atoms. The predicted octanol–water partition coefficient (Wildman–Crippen LogP) is 18.9. The van der Waals surface area contributed by atoms with Crippen molar-refractivity contribution in [2.45, 2.75) is 245 Å². The Bertz CT molecular complexity index is 1470. The molecule has 0 radical (unpaired) electrons. The molecule has 0 heterocycles. The molecule has 0 aromatic rings. The van der Waals surface area contributed by atoms with E-state index in [0.717, 1.165) is 109 Å². The summed E-state index contributed by atoms with van der Waals surface area (Å²) in [5.74, 6) is -0.993. The molecule has 0 aliphatic carbocycles. The molecule has 6 nitrogen and oxygen atoms in total. The first kappa shape index (κ1) is 64.8. The smallest absolute Gasteiger partial charge is 0.306 e. The van der Waals surface area contributed by atoms with Crippen LogP contribution in [0, 0.1) is 0 Å². The van der Waals surface area contributed by atoms with Gasteiger partial charge >= 0.3 is 17.9 Å². The third-order valence-corrected chi connectivity index (χ3v) is 11.5. The first-order valence-corrected chi connectivity index (χ1v) is 28.1. The fraction of sp³-hybridized carbons (Fsp3) is 0.635. The van der Waals surface area contributed by atoms with Crippen molar-refractivity contribution in [3.8, 4) is 0 Å². The Morgan fingerprint density at radius 1 is 0.319 bits per heavy atom. The molecular formula is C63H102O6. The van der Waals surface area contributed by atoms with Crippen molar-refractivity contribution in [2.75, 3.05) is 13.2 Å². The van der Waals surface area contributed by atoms with E-state index in [1.165, 1.54) is 83.5 Å². The minimum Gasteiger partial charge on any atom is -0.462 e. The molecular weight excluding hydrogens is 853 g/mol. The molecule has 0 fully saturated rings. The molecule has 0 amide bonds. The highest BCUT2D eigenvalue weighted by atomic mass is 16.6. The largest absolute Gasteiger partial charge is 0.462 e. The molecule has 0 N–H and O–H groups in total. The highest BCUT2D eigenvalue weighted by molar-refractivity contribution is 5.71. The van der Waals surface area contributed by atoms with Crippen LogP contribution in [0.4, 0.5) is 0 Å². The molecule has 390 valence electrons. The van der Waals surface area contributed by atoms with E-state index in [4.69, 9.17) is 14.2 Å². The van der Waals surface area contributed by atoms with Gasteiger partial charge in [-0.3, -0.25) is 14.4 Å². The Morgan fingerprint density at radius 2 is 0.652 bits per heavy atom. The summed E-state index contributed by atoms with van der Waals surface area (Å²) in [6.45, 7) is 6.32. The standard InChI is InChI=1S/C63H102O6/c1-4-7-10-13-16-19-22-25-28-30-31-33-35-38-41-44-47-50-53-56-62(65)68-59-60(58-67-61(64)55-52-49-46-43-40-37-34-27-24-21-18-15-12-9-6-3)69-63(66)57-54-51-48-45-42-39-36-32-29-26-23-20-17-14-11-8-5-2/h7,9-10,12,15-16,18-19,21,24-26,28-29,31,33,36,39,45,48,60H,4-6,8,11,13-14,17,20,22-23,27,30,32,34-35,37-38,40-44,46-47,49-59H2,1-3H3/b10-7-,12-9-,18-15-,19-16-,24-21-,28-25-,29-26-,33-31-,39-36-,48-45-. The summed E-state index contributed by atoms with van der Waals surface area (Å²) >= 11 is 0. The second kappa shape index (κ2) is 56.4. The number of hydrogen-bond donors (Lipinski definition) is 0. The number of allylic oxidation sites excluding steroid dienone is 20. The lowest BCUT2D eigenvalue weighted by molar-refractivity contribution is -0.167. The maximum Gasteiger partial charge on any atom is 0.306 e. The van der Waals surface area contributed by atoms with E-state index in [-0.39, 0.29) is 37.5 Å². The molecule has 0 rings (SSSR count). The van der Waals surface area contributed by atoms with Crippen LogP contribution in [-0.2, 0) is 28.6 Å². The van der Waals surface area contributed by atoms with Gasteiger partial charge in [0.25, 0.3) is 0 Å². The summed E-state index contributed by atoms with van der Waals surface area (Å²) in [6.07, 6.45) is 77.6. The van der Waals surface area contributed by atoms with E-state index in [1.807, 2.05) is 0 Å². The zero-order chi connectivity index (χ0) is 50.0. The SMILES string of the molecule is CC\C=C/C=C\C=C/CCCCCCCCCC(=O)OCC(COC(=O)CCCCCCCC/C=C\C/C=C\C/C=C\C/C=C\CC)OC(=O)CCC/C=C\C/C=C\C/C=C\CCCCCCCC. The lowest BCUT2D eigenvalue weighted by atomic mass is 10.1. The van der Waals surface area contributed by atoms with Crippen LogP contribution >= 0.6 is 0 Å². The van der Waals surface area contributed by atoms with Gasteiger partial charge in [0.1, 0.15) is 13.2 Å². The number of rotatable bonds is 49. The van der Waals surface area contributed by atoms with Crippen molar-refractivity contribution in [1.82, 2.24) is 0 Å². The molecule has 0 aromatic heterocycles. The lowest BCUT2D eigenvalue weighted by Crippen LogP contribution is -2.30. The zero-order valence-corrected chi connectivity index (χ0v) is 44.5. The fourth-order valence-electron chi connectivity index (χ4n) is 7.33. The van der Waals surface area contributed by atoms with Crippen molar-refractivity contribution in [3.63, 3.8) is 0 Å². The van der Waals surface area contributed by atoms with E-state index < -0.39 is 6.10 Å². The highest BCUT2D eigenvalue weighted by Crippen LogP contribution is 2.13. The van der Waals surface area contributed by atoms with Crippen LogP contribution in [0.1, 0.15) is 239 Å². The van der Waals surface area contributed by atoms with E-state index in [0.29, 0.717) is 19.3 Å². The van der Waals surface area contributed by atoms with Crippen molar-refractivity contribution < 1.29 is 28.6 Å². The van der Waals surface area contributed by atoms with Gasteiger partial charge in [-0.15, -0.1) is 0 Å².